The van der Waals surface area contributed by atoms with Gasteiger partial charge in [0.15, 0.2) is 6.61 Å². The second-order valence-electron chi connectivity index (χ2n) is 8.50. The molecule has 1 rings (SSSR count). The average molecular weight is 400 g/mol. The molecule has 0 amide bonds. The normalized spacial score (nSPS) is 14.9. The van der Waals surface area contributed by atoms with Crippen molar-refractivity contribution >= 4 is 0 Å². The van der Waals surface area contributed by atoms with E-state index in [0.717, 1.165) is 0 Å². The van der Waals surface area contributed by atoms with E-state index in [1.807, 2.05) is 20.8 Å². The van der Waals surface area contributed by atoms with Crippen LogP contribution in [0.1, 0.15) is 52.7 Å². The molecule has 0 N–H and O–H groups in total. The van der Waals surface area contributed by atoms with Gasteiger partial charge in [-0.25, -0.2) is 4.39 Å². The Morgan fingerprint density at radius 1 is 0.815 bits per heavy atom. The summed E-state index contributed by atoms with van der Waals surface area (Å²) >= 11 is 0. The van der Waals surface area contributed by atoms with Crippen LogP contribution in [0.15, 0.2) is 12.1 Å². The summed E-state index contributed by atoms with van der Waals surface area (Å²) in [5, 5.41) is 0. The van der Waals surface area contributed by atoms with Crippen molar-refractivity contribution in [1.82, 2.24) is 0 Å². The lowest BCUT2D eigenvalue weighted by Gasteiger charge is -2.30. The minimum Gasteiger partial charge on any atom is -0.496 e. The molecule has 8 heteroatoms. The van der Waals surface area contributed by atoms with Crippen molar-refractivity contribution in [3.05, 3.63) is 23.3 Å². The van der Waals surface area contributed by atoms with Gasteiger partial charge in [-0.2, -0.15) is 22.0 Å². The zero-order chi connectivity index (χ0) is 21.4. The Morgan fingerprint density at radius 2 is 1.22 bits per heavy atom. The molecule has 0 radical (unpaired) electrons. The van der Waals surface area contributed by atoms with E-state index in [1.54, 1.807) is 26.8 Å². The fourth-order valence-electron chi connectivity index (χ4n) is 2.51. The summed E-state index contributed by atoms with van der Waals surface area (Å²) in [4.78, 5) is 0. The van der Waals surface area contributed by atoms with E-state index < -0.39 is 35.7 Å². The molecular weight excluding hydrogens is 374 g/mol. The summed E-state index contributed by atoms with van der Waals surface area (Å²) in [5.41, 5.74) is 0.0688. The first kappa shape index (κ1) is 23.4. The maximum atomic E-state index is 13.7. The van der Waals surface area contributed by atoms with Gasteiger partial charge in [0, 0.05) is 11.1 Å². The van der Waals surface area contributed by atoms with Crippen LogP contribution in [-0.2, 0) is 10.8 Å². The van der Waals surface area contributed by atoms with Gasteiger partial charge in [-0.05, 0) is 23.0 Å². The van der Waals surface area contributed by atoms with Crippen LogP contribution in [0.2, 0.25) is 0 Å². The van der Waals surface area contributed by atoms with Crippen molar-refractivity contribution in [3.8, 4) is 11.5 Å². The molecular formula is C19H26F6O2. The van der Waals surface area contributed by atoms with Crippen LogP contribution in [0.25, 0.3) is 0 Å². The molecule has 2 nitrogen and oxygen atoms in total. The zero-order valence-corrected chi connectivity index (χ0v) is 16.5. The quantitative estimate of drug-likeness (QED) is 0.548. The molecule has 0 bridgehead atoms. The van der Waals surface area contributed by atoms with Gasteiger partial charge in [0.2, 0.25) is 0 Å². The van der Waals surface area contributed by atoms with E-state index in [9.17, 15) is 26.3 Å². The second-order valence-corrected chi connectivity index (χ2v) is 8.50. The van der Waals surface area contributed by atoms with Gasteiger partial charge >= 0.3 is 12.1 Å². The molecule has 1 atom stereocenters. The third-order valence-corrected chi connectivity index (χ3v) is 4.00. The molecule has 0 aromatic heterocycles. The van der Waals surface area contributed by atoms with Crippen LogP contribution in [0.5, 0.6) is 11.5 Å². The highest BCUT2D eigenvalue weighted by Gasteiger charge is 2.57. The van der Waals surface area contributed by atoms with Gasteiger partial charge in [0.05, 0.1) is 7.11 Å². The lowest BCUT2D eigenvalue weighted by molar-refractivity contribution is -0.250. The fraction of sp³-hybridized carbons (Fsp3) is 0.684. The zero-order valence-electron chi connectivity index (χ0n) is 16.5. The average Bonchev–Trinajstić information content (AvgIpc) is 2.48. The minimum atomic E-state index is -5.67. The van der Waals surface area contributed by atoms with E-state index in [2.05, 4.69) is 0 Å². The molecule has 0 aliphatic heterocycles. The molecule has 1 aromatic rings. The van der Waals surface area contributed by atoms with Crippen molar-refractivity contribution in [1.29, 1.82) is 0 Å². The maximum Gasteiger partial charge on any atom is 0.425 e. The van der Waals surface area contributed by atoms with Gasteiger partial charge in [-0.15, -0.1) is 0 Å². The largest absolute Gasteiger partial charge is 0.496 e. The van der Waals surface area contributed by atoms with Crippen LogP contribution in [-0.4, -0.2) is 32.0 Å². The molecule has 156 valence electrons. The number of hydrogen-bond acceptors (Lipinski definition) is 2. The maximum absolute atomic E-state index is 13.7. The summed E-state index contributed by atoms with van der Waals surface area (Å²) in [7, 11) is 1.46. The smallest absolute Gasteiger partial charge is 0.425 e. The fourth-order valence-corrected chi connectivity index (χ4v) is 2.51. The molecule has 0 saturated carbocycles. The van der Waals surface area contributed by atoms with Crippen LogP contribution in [0.3, 0.4) is 0 Å². The Labute approximate surface area is 155 Å². The molecule has 0 saturated heterocycles. The van der Waals surface area contributed by atoms with Crippen LogP contribution in [0.4, 0.5) is 26.3 Å². The Hall–Kier alpha value is -1.60. The minimum absolute atomic E-state index is 0.0257. The molecule has 0 heterocycles. The van der Waals surface area contributed by atoms with E-state index >= 15 is 0 Å². The first-order valence-electron chi connectivity index (χ1n) is 8.35. The Kier molecular flexibility index (Phi) is 6.45. The first-order chi connectivity index (χ1) is 11.9. The summed E-state index contributed by atoms with van der Waals surface area (Å²) in [6.07, 6.45) is -9.97. The number of halogens is 6. The van der Waals surface area contributed by atoms with Crippen LogP contribution >= 0.6 is 0 Å². The molecule has 0 aliphatic carbocycles. The highest BCUT2D eigenvalue weighted by Crippen LogP contribution is 2.42. The first-order valence-corrected chi connectivity index (χ1v) is 8.35. The third kappa shape index (κ3) is 5.69. The molecule has 27 heavy (non-hydrogen) atoms. The van der Waals surface area contributed by atoms with E-state index in [1.165, 1.54) is 13.2 Å². The van der Waals surface area contributed by atoms with E-state index in [-0.39, 0.29) is 5.75 Å². The molecule has 0 aliphatic rings. The van der Waals surface area contributed by atoms with Gasteiger partial charge in [0.1, 0.15) is 11.5 Å². The number of rotatable bonds is 5. The van der Waals surface area contributed by atoms with Gasteiger partial charge in [-0.1, -0.05) is 41.5 Å². The molecule has 0 spiro atoms. The number of ether oxygens (including phenoxy) is 2. The Morgan fingerprint density at radius 3 is 1.59 bits per heavy atom. The highest BCUT2D eigenvalue weighted by atomic mass is 19.4. The lowest BCUT2D eigenvalue weighted by atomic mass is 9.81. The number of methoxy groups -OCH3 is 1. The van der Waals surface area contributed by atoms with Crippen molar-refractivity contribution in [2.45, 2.75) is 70.6 Å². The SMILES string of the molecule is COc1cc(C(C)(C)C)c(OCC(F)(F)C(F)C(F)(F)F)cc1C(C)(C)C. The summed E-state index contributed by atoms with van der Waals surface area (Å²) in [5.74, 6) is -4.23. The molecule has 1 unspecified atom stereocenters. The molecule has 0 fully saturated rings. The highest BCUT2D eigenvalue weighted by molar-refractivity contribution is 5.51. The summed E-state index contributed by atoms with van der Waals surface area (Å²) in [6, 6.07) is 3.08. The Balaban J connectivity index is 3.37. The van der Waals surface area contributed by atoms with Crippen LogP contribution in [0, 0.1) is 0 Å². The Bertz CT molecular complexity index is 654. The third-order valence-electron chi connectivity index (χ3n) is 4.00. The number of hydrogen-bond donors (Lipinski definition) is 0. The van der Waals surface area contributed by atoms with Crippen molar-refractivity contribution in [2.24, 2.45) is 0 Å². The van der Waals surface area contributed by atoms with Gasteiger partial charge in [-0.3, -0.25) is 0 Å². The summed E-state index contributed by atoms with van der Waals surface area (Å²) < 4.78 is 87.9. The monoisotopic (exact) mass is 400 g/mol. The van der Waals surface area contributed by atoms with E-state index in [0.29, 0.717) is 16.9 Å². The van der Waals surface area contributed by atoms with E-state index in [4.69, 9.17) is 9.47 Å². The summed E-state index contributed by atoms with van der Waals surface area (Å²) in [6.45, 7) is 9.22. The second kappa shape index (κ2) is 7.43. The lowest BCUT2D eigenvalue weighted by Crippen LogP contribution is -2.45. The standard InChI is InChI=1S/C19H26F6O2/c1-16(2,3)11-9-14(12(17(4,5)6)8-13(11)26-7)27-10-18(21,22)15(20)19(23,24)25/h8-9,15H,10H2,1-7H3. The van der Waals surface area contributed by atoms with Gasteiger partial charge < -0.3 is 9.47 Å². The number of alkyl halides is 6. The van der Waals surface area contributed by atoms with Crippen molar-refractivity contribution in [3.63, 3.8) is 0 Å². The number of benzene rings is 1. The van der Waals surface area contributed by atoms with Crippen molar-refractivity contribution < 1.29 is 35.8 Å². The topological polar surface area (TPSA) is 18.5 Å². The van der Waals surface area contributed by atoms with Crippen LogP contribution < -0.4 is 9.47 Å². The van der Waals surface area contributed by atoms with Gasteiger partial charge in [0.25, 0.3) is 6.17 Å². The predicted molar refractivity (Wildman–Crippen MR) is 91.8 cm³/mol. The predicted octanol–water partition coefficient (Wildman–Crippen LogP) is 6.20. The molecule has 1 aromatic carbocycles. The van der Waals surface area contributed by atoms with Crippen molar-refractivity contribution in [2.75, 3.05) is 13.7 Å².